The van der Waals surface area contributed by atoms with Gasteiger partial charge < -0.3 is 19.4 Å². The number of imidazole rings is 1. The highest BCUT2D eigenvalue weighted by molar-refractivity contribution is 5.79. The van der Waals surface area contributed by atoms with E-state index in [0.717, 1.165) is 22.6 Å². The van der Waals surface area contributed by atoms with Crippen LogP contribution in [0.25, 0.3) is 16.9 Å². The number of anilines is 1. The molecule has 0 saturated heterocycles. The van der Waals surface area contributed by atoms with Gasteiger partial charge in [-0.3, -0.25) is 4.40 Å². The zero-order valence-corrected chi connectivity index (χ0v) is 15.6. The van der Waals surface area contributed by atoms with E-state index in [-0.39, 0.29) is 11.7 Å². The summed E-state index contributed by atoms with van der Waals surface area (Å²) < 4.78 is 30.3. The lowest BCUT2D eigenvalue weighted by molar-refractivity contribution is 0.249. The van der Waals surface area contributed by atoms with Crippen LogP contribution in [0.5, 0.6) is 11.5 Å². The zero-order chi connectivity index (χ0) is 19.5. The van der Waals surface area contributed by atoms with Crippen molar-refractivity contribution in [1.29, 1.82) is 0 Å². The standard InChI is InChI=1S/C20H17FN6O2/c1-26-6-15(23-9-26)12-4-17-20(27-10-24-25-19(12)27)22-5-13-14(21)2-3-16-18(13)11(7-28-16)8-29-17/h2-4,6,9-11,22H,5,7-8H2,1H3. The number of halogens is 1. The fraction of sp³-hybridized carbons (Fsp3) is 0.250. The van der Waals surface area contributed by atoms with Crippen molar-refractivity contribution in [2.75, 3.05) is 18.5 Å². The number of pyridine rings is 1. The van der Waals surface area contributed by atoms with Crippen LogP contribution >= 0.6 is 0 Å². The van der Waals surface area contributed by atoms with Crippen molar-refractivity contribution < 1.29 is 13.9 Å². The minimum Gasteiger partial charge on any atom is -0.493 e. The van der Waals surface area contributed by atoms with Gasteiger partial charge in [-0.05, 0) is 18.2 Å². The molecule has 1 aromatic carbocycles. The Kier molecular flexibility index (Phi) is 3.35. The molecule has 146 valence electrons. The highest BCUT2D eigenvalue weighted by Gasteiger charge is 2.31. The van der Waals surface area contributed by atoms with E-state index >= 15 is 0 Å². The van der Waals surface area contributed by atoms with Crippen molar-refractivity contribution in [1.82, 2.24) is 24.1 Å². The fourth-order valence-electron chi connectivity index (χ4n) is 4.13. The predicted molar refractivity (Wildman–Crippen MR) is 103 cm³/mol. The fourth-order valence-corrected chi connectivity index (χ4v) is 4.13. The van der Waals surface area contributed by atoms with Crippen LogP contribution in [0.2, 0.25) is 0 Å². The molecule has 1 unspecified atom stereocenters. The third kappa shape index (κ3) is 2.40. The van der Waals surface area contributed by atoms with Gasteiger partial charge in [0, 0.05) is 30.9 Å². The molecule has 0 fully saturated rings. The third-order valence-electron chi connectivity index (χ3n) is 5.50. The summed E-state index contributed by atoms with van der Waals surface area (Å²) in [6, 6.07) is 5.06. The molecule has 2 aliphatic heterocycles. The molecule has 2 aliphatic rings. The summed E-state index contributed by atoms with van der Waals surface area (Å²) in [5, 5.41) is 11.7. The number of fused-ring (bicyclic) bond motifs is 3. The number of hydrogen-bond acceptors (Lipinski definition) is 6. The number of ether oxygens (including phenoxy) is 2. The Morgan fingerprint density at radius 1 is 1.17 bits per heavy atom. The van der Waals surface area contributed by atoms with Crippen molar-refractivity contribution >= 4 is 11.5 Å². The topological polar surface area (TPSA) is 78.5 Å². The van der Waals surface area contributed by atoms with Gasteiger partial charge in [-0.1, -0.05) is 0 Å². The number of rotatable bonds is 1. The minimum absolute atomic E-state index is 0.0293. The second-order valence-electron chi connectivity index (χ2n) is 7.33. The molecule has 1 atom stereocenters. The molecule has 0 amide bonds. The van der Waals surface area contributed by atoms with Crippen molar-refractivity contribution in [2.45, 2.75) is 12.5 Å². The number of nitrogens with zero attached hydrogens (tertiary/aromatic N) is 5. The molecular weight excluding hydrogens is 375 g/mol. The normalized spacial score (nSPS) is 17.4. The maximum absolute atomic E-state index is 14.6. The van der Waals surface area contributed by atoms with Crippen LogP contribution in [0.15, 0.2) is 37.1 Å². The van der Waals surface area contributed by atoms with E-state index in [1.54, 1.807) is 18.7 Å². The van der Waals surface area contributed by atoms with Crippen molar-refractivity contribution in [3.8, 4) is 22.8 Å². The van der Waals surface area contributed by atoms with E-state index in [0.29, 0.717) is 42.5 Å². The first-order valence-corrected chi connectivity index (χ1v) is 9.35. The molecule has 0 bridgehead atoms. The van der Waals surface area contributed by atoms with Crippen LogP contribution in [0.1, 0.15) is 17.0 Å². The number of aromatic nitrogens is 5. The first-order chi connectivity index (χ1) is 14.2. The Morgan fingerprint density at radius 3 is 2.86 bits per heavy atom. The molecule has 9 heteroatoms. The quantitative estimate of drug-likeness (QED) is 0.537. The van der Waals surface area contributed by atoms with E-state index in [2.05, 4.69) is 20.5 Å². The number of nitrogens with one attached hydrogen (secondary N) is 1. The van der Waals surface area contributed by atoms with Gasteiger partial charge in [0.2, 0.25) is 0 Å². The smallest absolute Gasteiger partial charge is 0.171 e. The molecule has 0 aliphatic carbocycles. The monoisotopic (exact) mass is 392 g/mol. The van der Waals surface area contributed by atoms with Gasteiger partial charge in [-0.25, -0.2) is 9.37 Å². The Labute approximate surface area is 164 Å². The maximum Gasteiger partial charge on any atom is 0.171 e. The van der Waals surface area contributed by atoms with Crippen molar-refractivity contribution in [3.05, 3.63) is 54.0 Å². The van der Waals surface area contributed by atoms with Crippen LogP contribution in [0.3, 0.4) is 0 Å². The molecule has 29 heavy (non-hydrogen) atoms. The van der Waals surface area contributed by atoms with E-state index in [9.17, 15) is 4.39 Å². The second-order valence-corrected chi connectivity index (χ2v) is 7.33. The number of aryl methyl sites for hydroxylation is 1. The molecule has 3 aromatic heterocycles. The number of benzene rings is 1. The molecule has 4 aromatic rings. The molecule has 6 rings (SSSR count). The second kappa shape index (κ2) is 5.94. The van der Waals surface area contributed by atoms with E-state index in [1.807, 2.05) is 28.3 Å². The van der Waals surface area contributed by atoms with Crippen molar-refractivity contribution in [2.24, 2.45) is 7.05 Å². The maximum atomic E-state index is 14.6. The molecule has 5 heterocycles. The highest BCUT2D eigenvalue weighted by atomic mass is 19.1. The van der Waals surface area contributed by atoms with Gasteiger partial charge in [0.15, 0.2) is 17.2 Å². The summed E-state index contributed by atoms with van der Waals surface area (Å²) >= 11 is 0. The van der Waals surface area contributed by atoms with Crippen LogP contribution in [-0.2, 0) is 13.6 Å². The first kappa shape index (κ1) is 16.3. The SMILES string of the molecule is Cn1cnc(-c2cc3c(n4cnnc24)NCc2c(F)ccc4c2C(CO4)CO3)c1. The van der Waals surface area contributed by atoms with Crippen LogP contribution in [-0.4, -0.2) is 37.4 Å². The summed E-state index contributed by atoms with van der Waals surface area (Å²) in [6.07, 6.45) is 5.27. The van der Waals surface area contributed by atoms with Gasteiger partial charge in [-0.2, -0.15) is 0 Å². The lowest BCUT2D eigenvalue weighted by Gasteiger charge is -2.16. The molecule has 0 radical (unpaired) electrons. The summed E-state index contributed by atoms with van der Waals surface area (Å²) in [6.45, 7) is 1.16. The van der Waals surface area contributed by atoms with Gasteiger partial charge >= 0.3 is 0 Å². The van der Waals surface area contributed by atoms with Crippen molar-refractivity contribution in [3.63, 3.8) is 0 Å². The molecule has 0 saturated carbocycles. The lowest BCUT2D eigenvalue weighted by Crippen LogP contribution is -2.13. The molecule has 0 spiro atoms. The molecule has 1 N–H and O–H groups in total. The average molecular weight is 392 g/mol. The third-order valence-corrected chi connectivity index (χ3v) is 5.50. The minimum atomic E-state index is -0.250. The lowest BCUT2D eigenvalue weighted by atomic mass is 9.96. The van der Waals surface area contributed by atoms with E-state index in [4.69, 9.17) is 9.47 Å². The Morgan fingerprint density at radius 2 is 2.03 bits per heavy atom. The number of hydrogen-bond donors (Lipinski definition) is 1. The van der Waals surface area contributed by atoms with Gasteiger partial charge in [0.05, 0.1) is 36.7 Å². The van der Waals surface area contributed by atoms with Crippen LogP contribution < -0.4 is 14.8 Å². The Hall–Kier alpha value is -3.62. The van der Waals surface area contributed by atoms with Gasteiger partial charge in [0.25, 0.3) is 0 Å². The highest BCUT2D eigenvalue weighted by Crippen LogP contribution is 2.41. The summed E-state index contributed by atoms with van der Waals surface area (Å²) in [4.78, 5) is 4.44. The van der Waals surface area contributed by atoms with Gasteiger partial charge in [-0.15, -0.1) is 10.2 Å². The Balaban J connectivity index is 1.52. The van der Waals surface area contributed by atoms with E-state index in [1.165, 1.54) is 6.07 Å². The molecular formula is C20H17FN6O2. The average Bonchev–Trinajstić information content (AvgIpc) is 3.45. The largest absolute Gasteiger partial charge is 0.493 e. The first-order valence-electron chi connectivity index (χ1n) is 9.35. The zero-order valence-electron chi connectivity index (χ0n) is 15.6. The van der Waals surface area contributed by atoms with Crippen LogP contribution in [0.4, 0.5) is 10.2 Å². The summed E-state index contributed by atoms with van der Waals surface area (Å²) in [5.41, 5.74) is 3.73. The summed E-state index contributed by atoms with van der Waals surface area (Å²) in [5.74, 6) is 1.77. The summed E-state index contributed by atoms with van der Waals surface area (Å²) in [7, 11) is 1.91. The Bertz CT molecular complexity index is 1260. The van der Waals surface area contributed by atoms with Gasteiger partial charge in [0.1, 0.15) is 17.9 Å². The van der Waals surface area contributed by atoms with Crippen LogP contribution in [0, 0.1) is 5.82 Å². The molecule has 8 nitrogen and oxygen atoms in total. The van der Waals surface area contributed by atoms with E-state index < -0.39 is 0 Å². The predicted octanol–water partition coefficient (Wildman–Crippen LogP) is 2.75.